The number of amides is 1. The molecule has 3 aromatic carbocycles. The minimum atomic E-state index is -0.283. The quantitative estimate of drug-likeness (QED) is 0.399. The molecule has 2 heterocycles. The number of aromatic nitrogens is 3. The molecule has 1 aliphatic rings. The summed E-state index contributed by atoms with van der Waals surface area (Å²) in [5.74, 6) is 1.41. The van der Waals surface area contributed by atoms with Crippen molar-refractivity contribution >= 4 is 23.9 Å². The standard InChI is InChI=1S/C27H25N5O2/c1-34-22-15-13-20(14-16-22)23-18-24(21-10-6-3-7-11-21)32-27(28-23)30-26(31-32)29-25(33)17-12-19-8-4-2-5-9-19/h2-17,23-24H,18H2,1H3,(H2,28,29,30,31,33)/b17-12+/t23-,24-/m0/s1. The van der Waals surface area contributed by atoms with Crippen molar-refractivity contribution in [1.29, 1.82) is 0 Å². The molecular formula is C27H25N5O2. The lowest BCUT2D eigenvalue weighted by molar-refractivity contribution is -0.111. The molecule has 7 heteroatoms. The van der Waals surface area contributed by atoms with Crippen LogP contribution in [0.1, 0.15) is 35.2 Å². The Labute approximate surface area is 198 Å². The molecule has 0 bridgehead atoms. The lowest BCUT2D eigenvalue weighted by atomic mass is 9.93. The van der Waals surface area contributed by atoms with Gasteiger partial charge < -0.3 is 10.1 Å². The first kappa shape index (κ1) is 21.5. The maximum absolute atomic E-state index is 12.5. The van der Waals surface area contributed by atoms with Crippen LogP contribution in [0.3, 0.4) is 0 Å². The van der Waals surface area contributed by atoms with E-state index in [0.717, 1.165) is 28.9 Å². The normalized spacial score (nSPS) is 17.1. The third-order valence-corrected chi connectivity index (χ3v) is 5.85. The van der Waals surface area contributed by atoms with E-state index in [4.69, 9.17) is 4.74 Å². The molecule has 5 rings (SSSR count). The lowest BCUT2D eigenvalue weighted by Crippen LogP contribution is -2.28. The van der Waals surface area contributed by atoms with Gasteiger partial charge in [-0.2, -0.15) is 4.98 Å². The Balaban J connectivity index is 1.40. The molecule has 1 aliphatic heterocycles. The summed E-state index contributed by atoms with van der Waals surface area (Å²) in [4.78, 5) is 17.1. The molecule has 0 spiro atoms. The Morgan fingerprint density at radius 1 is 1.00 bits per heavy atom. The summed E-state index contributed by atoms with van der Waals surface area (Å²) in [5.41, 5.74) is 3.21. The Morgan fingerprint density at radius 2 is 1.71 bits per heavy atom. The minimum absolute atomic E-state index is 0.0254. The van der Waals surface area contributed by atoms with Crippen molar-refractivity contribution in [2.45, 2.75) is 18.5 Å². The van der Waals surface area contributed by atoms with Crippen LogP contribution in [0.2, 0.25) is 0 Å². The molecule has 1 aromatic heterocycles. The molecule has 170 valence electrons. The zero-order chi connectivity index (χ0) is 23.3. The highest BCUT2D eigenvalue weighted by atomic mass is 16.5. The van der Waals surface area contributed by atoms with E-state index in [2.05, 4.69) is 45.0 Å². The summed E-state index contributed by atoms with van der Waals surface area (Å²) in [6.07, 6.45) is 4.03. The molecule has 0 unspecified atom stereocenters. The van der Waals surface area contributed by atoms with Crippen molar-refractivity contribution < 1.29 is 9.53 Å². The van der Waals surface area contributed by atoms with Crippen LogP contribution in [0.15, 0.2) is 91.0 Å². The maximum Gasteiger partial charge on any atom is 0.250 e. The van der Waals surface area contributed by atoms with Gasteiger partial charge in [0.2, 0.25) is 5.95 Å². The van der Waals surface area contributed by atoms with E-state index in [9.17, 15) is 4.79 Å². The van der Waals surface area contributed by atoms with Gasteiger partial charge in [-0.25, -0.2) is 4.68 Å². The van der Waals surface area contributed by atoms with Crippen molar-refractivity contribution in [2.75, 3.05) is 17.7 Å². The predicted octanol–water partition coefficient (Wildman–Crippen LogP) is 5.08. The van der Waals surface area contributed by atoms with Crippen LogP contribution >= 0.6 is 0 Å². The average molecular weight is 452 g/mol. The van der Waals surface area contributed by atoms with Gasteiger partial charge in [-0.05, 0) is 41.3 Å². The van der Waals surface area contributed by atoms with E-state index in [1.165, 1.54) is 6.08 Å². The fourth-order valence-corrected chi connectivity index (χ4v) is 4.13. The van der Waals surface area contributed by atoms with Gasteiger partial charge in [0.05, 0.1) is 19.2 Å². The Bertz CT molecular complexity index is 1280. The van der Waals surface area contributed by atoms with Crippen LogP contribution in [-0.2, 0) is 4.79 Å². The van der Waals surface area contributed by atoms with Gasteiger partial charge in [-0.3, -0.25) is 10.1 Å². The van der Waals surface area contributed by atoms with Gasteiger partial charge in [0.15, 0.2) is 0 Å². The Morgan fingerprint density at radius 3 is 2.41 bits per heavy atom. The number of nitrogens with one attached hydrogen (secondary N) is 2. The second-order valence-corrected chi connectivity index (χ2v) is 8.07. The summed E-state index contributed by atoms with van der Waals surface area (Å²) in [5, 5.41) is 10.9. The number of hydrogen-bond donors (Lipinski definition) is 2. The van der Waals surface area contributed by atoms with Crippen molar-refractivity contribution in [3.63, 3.8) is 0 Å². The highest BCUT2D eigenvalue weighted by Gasteiger charge is 2.31. The molecule has 2 N–H and O–H groups in total. The third kappa shape index (κ3) is 4.68. The van der Waals surface area contributed by atoms with Gasteiger partial charge in [-0.15, -0.1) is 5.10 Å². The van der Waals surface area contributed by atoms with Gasteiger partial charge in [0, 0.05) is 6.08 Å². The summed E-state index contributed by atoms with van der Waals surface area (Å²) in [7, 11) is 1.66. The maximum atomic E-state index is 12.5. The first-order valence-corrected chi connectivity index (χ1v) is 11.2. The summed E-state index contributed by atoms with van der Waals surface area (Å²) >= 11 is 0. The number of carbonyl (C=O) groups excluding carboxylic acids is 1. The summed E-state index contributed by atoms with van der Waals surface area (Å²) in [6, 6.07) is 27.9. The predicted molar refractivity (Wildman–Crippen MR) is 133 cm³/mol. The van der Waals surface area contributed by atoms with E-state index in [0.29, 0.717) is 5.95 Å². The average Bonchev–Trinajstić information content (AvgIpc) is 3.30. The molecule has 34 heavy (non-hydrogen) atoms. The molecule has 0 radical (unpaired) electrons. The smallest absolute Gasteiger partial charge is 0.250 e. The summed E-state index contributed by atoms with van der Waals surface area (Å²) in [6.45, 7) is 0. The SMILES string of the molecule is COc1ccc([C@@H]2C[C@@H](c3ccccc3)n3nc(NC(=O)/C=C/c4ccccc4)nc3N2)cc1. The second kappa shape index (κ2) is 9.62. The van der Waals surface area contributed by atoms with Crippen LogP contribution in [0, 0.1) is 0 Å². The molecule has 0 fully saturated rings. The molecule has 4 aromatic rings. The number of methoxy groups -OCH3 is 1. The number of rotatable bonds is 6. The first-order valence-electron chi connectivity index (χ1n) is 11.2. The zero-order valence-corrected chi connectivity index (χ0v) is 18.8. The molecule has 0 saturated carbocycles. The molecule has 2 atom stereocenters. The van der Waals surface area contributed by atoms with E-state index in [1.807, 2.05) is 65.3 Å². The van der Waals surface area contributed by atoms with Gasteiger partial charge in [-0.1, -0.05) is 72.8 Å². The molecule has 0 aliphatic carbocycles. The number of nitrogens with zero attached hydrogens (tertiary/aromatic N) is 3. The van der Waals surface area contributed by atoms with Crippen LogP contribution in [-0.4, -0.2) is 27.8 Å². The van der Waals surface area contributed by atoms with Gasteiger partial charge in [0.25, 0.3) is 11.9 Å². The van der Waals surface area contributed by atoms with Crippen molar-refractivity contribution in [1.82, 2.24) is 14.8 Å². The van der Waals surface area contributed by atoms with Crippen molar-refractivity contribution in [3.05, 3.63) is 108 Å². The van der Waals surface area contributed by atoms with Crippen LogP contribution in [0.25, 0.3) is 6.08 Å². The highest BCUT2D eigenvalue weighted by molar-refractivity contribution is 6.00. The van der Waals surface area contributed by atoms with E-state index in [-0.39, 0.29) is 23.9 Å². The molecular weight excluding hydrogens is 426 g/mol. The number of ether oxygens (including phenoxy) is 1. The van der Waals surface area contributed by atoms with Gasteiger partial charge >= 0.3 is 0 Å². The first-order chi connectivity index (χ1) is 16.7. The lowest BCUT2D eigenvalue weighted by Gasteiger charge is -2.31. The fourth-order valence-electron chi connectivity index (χ4n) is 4.13. The fraction of sp³-hybridized carbons (Fsp3) is 0.148. The Kier molecular flexibility index (Phi) is 6.07. The number of fused-ring (bicyclic) bond motifs is 1. The number of anilines is 2. The van der Waals surface area contributed by atoms with E-state index < -0.39 is 0 Å². The third-order valence-electron chi connectivity index (χ3n) is 5.85. The van der Waals surface area contributed by atoms with Crippen LogP contribution < -0.4 is 15.4 Å². The monoisotopic (exact) mass is 451 g/mol. The number of benzene rings is 3. The summed E-state index contributed by atoms with van der Waals surface area (Å²) < 4.78 is 7.15. The van der Waals surface area contributed by atoms with Crippen LogP contribution in [0.4, 0.5) is 11.9 Å². The largest absolute Gasteiger partial charge is 0.497 e. The highest BCUT2D eigenvalue weighted by Crippen LogP contribution is 2.38. The Hall–Kier alpha value is -4.39. The van der Waals surface area contributed by atoms with Crippen LogP contribution in [0.5, 0.6) is 5.75 Å². The van der Waals surface area contributed by atoms with Crippen molar-refractivity contribution in [2.24, 2.45) is 0 Å². The number of carbonyl (C=O) groups is 1. The second-order valence-electron chi connectivity index (χ2n) is 8.07. The molecule has 0 saturated heterocycles. The minimum Gasteiger partial charge on any atom is -0.497 e. The molecule has 7 nitrogen and oxygen atoms in total. The van der Waals surface area contributed by atoms with Gasteiger partial charge in [0.1, 0.15) is 5.75 Å². The van der Waals surface area contributed by atoms with E-state index in [1.54, 1.807) is 13.2 Å². The van der Waals surface area contributed by atoms with Crippen molar-refractivity contribution in [3.8, 4) is 5.75 Å². The molecule has 1 amide bonds. The number of hydrogen-bond acceptors (Lipinski definition) is 5. The van der Waals surface area contributed by atoms with E-state index >= 15 is 0 Å². The zero-order valence-electron chi connectivity index (χ0n) is 18.8. The topological polar surface area (TPSA) is 81.1 Å².